The number of rotatable bonds is 4. The average Bonchev–Trinajstić information content (AvgIpc) is 2.48. The minimum absolute atomic E-state index is 0.148. The Kier molecular flexibility index (Phi) is 5.11. The molecule has 1 atom stereocenters. The van der Waals surface area contributed by atoms with Crippen molar-refractivity contribution in [2.24, 2.45) is 5.41 Å². The second kappa shape index (κ2) is 6.87. The van der Waals surface area contributed by atoms with Crippen LogP contribution >= 0.6 is 0 Å². The van der Waals surface area contributed by atoms with Crippen molar-refractivity contribution in [3.63, 3.8) is 0 Å². The topological polar surface area (TPSA) is 42.4 Å². The number of halogens is 2. The van der Waals surface area contributed by atoms with Crippen molar-refractivity contribution < 1.29 is 18.6 Å². The van der Waals surface area contributed by atoms with Crippen LogP contribution in [-0.4, -0.2) is 16.2 Å². The molecule has 2 rings (SSSR count). The summed E-state index contributed by atoms with van der Waals surface area (Å²) in [5.74, 6) is -1.51. The van der Waals surface area contributed by atoms with Gasteiger partial charge < -0.3 is 9.84 Å². The van der Waals surface area contributed by atoms with Gasteiger partial charge in [0.2, 0.25) is 0 Å². The summed E-state index contributed by atoms with van der Waals surface area (Å²) in [7, 11) is 0. The molecule has 0 spiro atoms. The molecule has 122 valence electrons. The Bertz CT molecular complexity index is 694. The van der Waals surface area contributed by atoms with Crippen LogP contribution in [0.4, 0.5) is 8.78 Å². The van der Waals surface area contributed by atoms with E-state index in [1.54, 1.807) is 30.6 Å². The average molecular weight is 319 g/mol. The zero-order valence-corrected chi connectivity index (χ0v) is 13.3. The molecule has 0 saturated heterocycles. The molecule has 0 aliphatic heterocycles. The van der Waals surface area contributed by atoms with Crippen LogP contribution in [0.25, 0.3) is 6.08 Å². The van der Waals surface area contributed by atoms with Crippen molar-refractivity contribution in [1.29, 1.82) is 0 Å². The summed E-state index contributed by atoms with van der Waals surface area (Å²) in [5, 5.41) is 10.5. The maximum absolute atomic E-state index is 13.8. The Hall–Kier alpha value is -2.27. The highest BCUT2D eigenvalue weighted by Crippen LogP contribution is 2.29. The third-order valence-electron chi connectivity index (χ3n) is 3.20. The van der Waals surface area contributed by atoms with Crippen molar-refractivity contribution in [2.75, 3.05) is 0 Å². The first-order chi connectivity index (χ1) is 10.8. The predicted octanol–water partition coefficient (Wildman–Crippen LogP) is 4.19. The number of ether oxygens (including phenoxy) is 1. The van der Waals surface area contributed by atoms with Crippen LogP contribution in [0.2, 0.25) is 0 Å². The maximum Gasteiger partial charge on any atom is 0.168 e. The molecule has 0 aliphatic carbocycles. The van der Waals surface area contributed by atoms with Crippen molar-refractivity contribution in [1.82, 2.24) is 4.98 Å². The van der Waals surface area contributed by atoms with Gasteiger partial charge >= 0.3 is 0 Å². The molecule has 1 heterocycles. The quantitative estimate of drug-likeness (QED) is 0.859. The first-order valence-electron chi connectivity index (χ1n) is 7.20. The molecule has 0 saturated carbocycles. The zero-order valence-electron chi connectivity index (χ0n) is 13.3. The molecule has 2 aromatic rings. The van der Waals surface area contributed by atoms with E-state index in [9.17, 15) is 13.9 Å². The van der Waals surface area contributed by atoms with E-state index in [4.69, 9.17) is 4.74 Å². The molecule has 1 unspecified atom stereocenters. The molecular formula is C18H19F2NO2. The highest BCUT2D eigenvalue weighted by molar-refractivity contribution is 5.52. The Morgan fingerprint density at radius 2 is 2.00 bits per heavy atom. The smallest absolute Gasteiger partial charge is 0.168 e. The van der Waals surface area contributed by atoms with E-state index in [2.05, 4.69) is 4.98 Å². The fraction of sp³-hybridized carbons (Fsp3) is 0.278. The minimum atomic E-state index is -0.979. The van der Waals surface area contributed by atoms with Gasteiger partial charge in [-0.3, -0.25) is 4.98 Å². The van der Waals surface area contributed by atoms with Crippen molar-refractivity contribution in [2.45, 2.75) is 26.9 Å². The maximum atomic E-state index is 13.8. The summed E-state index contributed by atoms with van der Waals surface area (Å²) in [4.78, 5) is 3.99. The fourth-order valence-corrected chi connectivity index (χ4v) is 1.90. The number of aliphatic hydroxyl groups excluding tert-OH is 1. The molecule has 0 bridgehead atoms. The lowest BCUT2D eigenvalue weighted by molar-refractivity contribution is 0.0633. The van der Waals surface area contributed by atoms with Gasteiger partial charge in [-0.1, -0.05) is 26.8 Å². The summed E-state index contributed by atoms with van der Waals surface area (Å²) in [5.41, 5.74) is 0.179. The highest BCUT2D eigenvalue weighted by Gasteiger charge is 2.28. The summed E-state index contributed by atoms with van der Waals surface area (Å²) < 4.78 is 32.4. The second-order valence-electron chi connectivity index (χ2n) is 6.28. The number of nitrogens with zero attached hydrogens (tertiary/aromatic N) is 1. The number of aliphatic hydroxyl groups is 1. The number of benzene rings is 1. The molecule has 3 nitrogen and oxygen atoms in total. The number of hydrogen-bond acceptors (Lipinski definition) is 3. The Morgan fingerprint density at radius 1 is 1.26 bits per heavy atom. The number of pyridine rings is 1. The van der Waals surface area contributed by atoms with E-state index in [1.807, 2.05) is 20.8 Å². The van der Waals surface area contributed by atoms with Crippen molar-refractivity contribution in [3.8, 4) is 5.75 Å². The van der Waals surface area contributed by atoms with Gasteiger partial charge in [0.1, 0.15) is 17.7 Å². The normalized spacial score (nSPS) is 13.7. The molecule has 5 heteroatoms. The Morgan fingerprint density at radius 3 is 2.57 bits per heavy atom. The van der Waals surface area contributed by atoms with Crippen LogP contribution in [-0.2, 0) is 0 Å². The van der Waals surface area contributed by atoms with Crippen LogP contribution < -0.4 is 4.74 Å². The van der Waals surface area contributed by atoms with Gasteiger partial charge in [-0.25, -0.2) is 8.78 Å². The van der Waals surface area contributed by atoms with Gasteiger partial charge in [-0.15, -0.1) is 0 Å². The molecule has 0 fully saturated rings. The van der Waals surface area contributed by atoms with Gasteiger partial charge in [0.15, 0.2) is 11.6 Å². The fourth-order valence-electron chi connectivity index (χ4n) is 1.90. The first-order valence-corrected chi connectivity index (χ1v) is 7.20. The molecular weight excluding hydrogens is 300 g/mol. The van der Waals surface area contributed by atoms with Crippen molar-refractivity contribution in [3.05, 3.63) is 65.7 Å². The van der Waals surface area contributed by atoms with Crippen molar-refractivity contribution >= 4 is 6.08 Å². The standard InChI is InChI=1S/C18H19F2NO2/c1-18(2,3)17(22)16(9-12-5-4-8-21-11-12)23-15-7-6-13(19)10-14(15)20/h4-11,17,22H,1-3H3/b16-9+. The van der Waals surface area contributed by atoms with Crippen LogP contribution in [0.1, 0.15) is 26.3 Å². The van der Waals surface area contributed by atoms with E-state index in [-0.39, 0.29) is 11.5 Å². The van der Waals surface area contributed by atoms with Gasteiger partial charge in [0.25, 0.3) is 0 Å². The molecule has 0 aliphatic rings. The molecule has 1 aromatic carbocycles. The minimum Gasteiger partial charge on any atom is -0.456 e. The molecule has 1 N–H and O–H groups in total. The SMILES string of the molecule is CC(C)(C)C(O)/C(=C\c1cccnc1)Oc1ccc(F)cc1F. The lowest BCUT2D eigenvalue weighted by Gasteiger charge is -2.28. The summed E-state index contributed by atoms with van der Waals surface area (Å²) >= 11 is 0. The van der Waals surface area contributed by atoms with Crippen LogP contribution in [0.3, 0.4) is 0 Å². The lowest BCUT2D eigenvalue weighted by atomic mass is 9.87. The molecule has 0 amide bonds. The van der Waals surface area contributed by atoms with Crippen LogP contribution in [0, 0.1) is 17.0 Å². The summed E-state index contributed by atoms with van der Waals surface area (Å²) in [6, 6.07) is 6.55. The van der Waals surface area contributed by atoms with Crippen LogP contribution in [0.15, 0.2) is 48.5 Å². The van der Waals surface area contributed by atoms with E-state index >= 15 is 0 Å². The third kappa shape index (κ3) is 4.60. The highest BCUT2D eigenvalue weighted by atomic mass is 19.1. The van der Waals surface area contributed by atoms with Crippen LogP contribution in [0.5, 0.6) is 5.75 Å². The van der Waals surface area contributed by atoms with Gasteiger partial charge in [-0.2, -0.15) is 0 Å². The van der Waals surface area contributed by atoms with E-state index in [0.29, 0.717) is 5.56 Å². The summed E-state index contributed by atoms with van der Waals surface area (Å²) in [6.07, 6.45) is 3.83. The molecule has 0 radical (unpaired) electrons. The van der Waals surface area contributed by atoms with Gasteiger partial charge in [0, 0.05) is 18.5 Å². The van der Waals surface area contributed by atoms with Gasteiger partial charge in [-0.05, 0) is 35.3 Å². The number of aromatic nitrogens is 1. The van der Waals surface area contributed by atoms with E-state index < -0.39 is 23.2 Å². The Balaban J connectivity index is 2.39. The van der Waals surface area contributed by atoms with Gasteiger partial charge in [0.05, 0.1) is 0 Å². The molecule has 1 aromatic heterocycles. The lowest BCUT2D eigenvalue weighted by Crippen LogP contribution is -2.30. The molecule has 23 heavy (non-hydrogen) atoms. The third-order valence-corrected chi connectivity index (χ3v) is 3.20. The first kappa shape index (κ1) is 17.1. The van der Waals surface area contributed by atoms with E-state index in [1.165, 1.54) is 6.07 Å². The monoisotopic (exact) mass is 319 g/mol. The predicted molar refractivity (Wildman–Crippen MR) is 84.7 cm³/mol. The zero-order chi connectivity index (χ0) is 17.0. The van der Waals surface area contributed by atoms with E-state index in [0.717, 1.165) is 12.1 Å². The largest absolute Gasteiger partial charge is 0.456 e. The second-order valence-corrected chi connectivity index (χ2v) is 6.28. The summed E-state index contributed by atoms with van der Waals surface area (Å²) in [6.45, 7) is 5.50. The Labute approximate surface area is 134 Å². The number of hydrogen-bond donors (Lipinski definition) is 1.